The zero-order chi connectivity index (χ0) is 12.3. The van der Waals surface area contributed by atoms with Gasteiger partial charge in [0.1, 0.15) is 0 Å². The van der Waals surface area contributed by atoms with Crippen LogP contribution in [0.4, 0.5) is 5.69 Å². The number of hydrogen-bond donors (Lipinski definition) is 3. The summed E-state index contributed by atoms with van der Waals surface area (Å²) in [6.07, 6.45) is 0.0779. The van der Waals surface area contributed by atoms with Crippen molar-refractivity contribution in [3.8, 4) is 0 Å². The van der Waals surface area contributed by atoms with Crippen LogP contribution >= 0.6 is 0 Å². The monoisotopic (exact) mass is 222 g/mol. The third kappa shape index (κ3) is 2.58. The first kappa shape index (κ1) is 12.2. The first-order chi connectivity index (χ1) is 7.43. The van der Waals surface area contributed by atoms with Gasteiger partial charge >= 0.3 is 5.97 Å². The number of hydrogen-bond acceptors (Lipinski definition) is 4. The maximum absolute atomic E-state index is 11.8. The van der Waals surface area contributed by atoms with Crippen molar-refractivity contribution in [2.75, 3.05) is 5.73 Å². The fraction of sp³-hybridized carbons (Fsp3) is 0.273. The Bertz CT molecular complexity index is 427. The molecule has 0 fully saturated rings. The molecule has 0 spiro atoms. The van der Waals surface area contributed by atoms with Gasteiger partial charge in [0.05, 0.1) is 11.1 Å². The van der Waals surface area contributed by atoms with E-state index < -0.39 is 5.97 Å². The second kappa shape index (κ2) is 4.76. The molecule has 16 heavy (non-hydrogen) atoms. The minimum Gasteiger partial charge on any atom is -0.478 e. The molecule has 1 atom stereocenters. The topological polar surface area (TPSA) is 106 Å². The van der Waals surface area contributed by atoms with Crippen molar-refractivity contribution >= 4 is 17.4 Å². The summed E-state index contributed by atoms with van der Waals surface area (Å²) in [6, 6.07) is 4.03. The Balaban J connectivity index is 3.20. The van der Waals surface area contributed by atoms with Crippen molar-refractivity contribution in [1.29, 1.82) is 0 Å². The number of aromatic carboxylic acids is 1. The molecule has 0 unspecified atom stereocenters. The van der Waals surface area contributed by atoms with Crippen molar-refractivity contribution < 1.29 is 14.7 Å². The summed E-state index contributed by atoms with van der Waals surface area (Å²) in [5.74, 6) is -1.51. The van der Waals surface area contributed by atoms with Crippen molar-refractivity contribution in [1.82, 2.24) is 0 Å². The second-order valence-corrected chi connectivity index (χ2v) is 3.68. The molecule has 0 heterocycles. The van der Waals surface area contributed by atoms with Gasteiger partial charge in [-0.05, 0) is 19.1 Å². The lowest BCUT2D eigenvalue weighted by molar-refractivity contribution is 0.0691. The standard InChI is InChI=1S/C11H14N2O3/c1-6(12)5-9(14)10-7(11(15)16)3-2-4-8(10)13/h2-4,6H,5,12-13H2,1H3,(H,15,16)/t6-/m1/s1. The largest absolute Gasteiger partial charge is 0.478 e. The summed E-state index contributed by atoms with van der Waals surface area (Å²) in [5, 5.41) is 8.93. The van der Waals surface area contributed by atoms with E-state index in [-0.39, 0.29) is 35.1 Å². The molecule has 86 valence electrons. The van der Waals surface area contributed by atoms with Crippen molar-refractivity contribution in [3.05, 3.63) is 29.3 Å². The third-order valence-corrected chi connectivity index (χ3v) is 2.11. The zero-order valence-corrected chi connectivity index (χ0v) is 8.93. The summed E-state index contributed by atoms with van der Waals surface area (Å²) in [5.41, 5.74) is 11.3. The fourth-order valence-corrected chi connectivity index (χ4v) is 1.45. The summed E-state index contributed by atoms with van der Waals surface area (Å²) >= 11 is 0. The molecule has 0 amide bonds. The highest BCUT2D eigenvalue weighted by Crippen LogP contribution is 2.19. The molecule has 5 N–H and O–H groups in total. The normalized spacial score (nSPS) is 12.1. The number of rotatable bonds is 4. The van der Waals surface area contributed by atoms with Crippen molar-refractivity contribution in [2.45, 2.75) is 19.4 Å². The number of carboxylic acids is 1. The van der Waals surface area contributed by atoms with E-state index in [0.717, 1.165) is 0 Å². The van der Waals surface area contributed by atoms with Crippen LogP contribution in [0, 0.1) is 0 Å². The molecular weight excluding hydrogens is 208 g/mol. The van der Waals surface area contributed by atoms with Crippen molar-refractivity contribution in [2.24, 2.45) is 5.73 Å². The molecule has 0 aromatic heterocycles. The number of carboxylic acid groups (broad SMARTS) is 1. The Morgan fingerprint density at radius 2 is 2.06 bits per heavy atom. The molecule has 0 radical (unpaired) electrons. The van der Waals surface area contributed by atoms with Crippen LogP contribution < -0.4 is 11.5 Å². The number of nitrogen functional groups attached to an aromatic ring is 1. The highest BCUT2D eigenvalue weighted by Gasteiger charge is 2.19. The molecule has 1 aromatic rings. The SMILES string of the molecule is C[C@@H](N)CC(=O)c1c(N)cccc1C(=O)O. The number of anilines is 1. The fourth-order valence-electron chi connectivity index (χ4n) is 1.45. The van der Waals surface area contributed by atoms with Gasteiger partial charge in [-0.3, -0.25) is 4.79 Å². The quantitative estimate of drug-likeness (QED) is 0.518. The molecule has 0 saturated heterocycles. The first-order valence-corrected chi connectivity index (χ1v) is 4.84. The van der Waals surface area contributed by atoms with E-state index in [4.69, 9.17) is 16.6 Å². The van der Waals surface area contributed by atoms with Gasteiger partial charge in [-0.25, -0.2) is 4.79 Å². The Kier molecular flexibility index (Phi) is 3.63. The highest BCUT2D eigenvalue weighted by molar-refractivity contribution is 6.09. The molecule has 1 rings (SSSR count). The first-order valence-electron chi connectivity index (χ1n) is 4.84. The summed E-state index contributed by atoms with van der Waals surface area (Å²) < 4.78 is 0. The van der Waals surface area contributed by atoms with Gasteiger partial charge in [-0.2, -0.15) is 0 Å². The lowest BCUT2D eigenvalue weighted by Crippen LogP contribution is -2.22. The maximum Gasteiger partial charge on any atom is 0.336 e. The van der Waals surface area contributed by atoms with E-state index >= 15 is 0 Å². The zero-order valence-electron chi connectivity index (χ0n) is 8.93. The van der Waals surface area contributed by atoms with E-state index in [1.54, 1.807) is 6.92 Å². The molecule has 0 aliphatic heterocycles. The predicted octanol–water partition coefficient (Wildman–Crippen LogP) is 0.887. The minimum absolute atomic E-state index is 0.0484. The van der Waals surface area contributed by atoms with Gasteiger partial charge < -0.3 is 16.6 Å². The van der Waals surface area contributed by atoms with Crippen LogP contribution in [0.3, 0.4) is 0 Å². The molecule has 0 bridgehead atoms. The van der Waals surface area contributed by atoms with Gasteiger partial charge in [0.25, 0.3) is 0 Å². The number of Topliss-reactive ketones (excluding diaryl/α,β-unsaturated/α-hetero) is 1. The number of benzene rings is 1. The minimum atomic E-state index is -1.17. The molecule has 5 heteroatoms. The average molecular weight is 222 g/mol. The number of carbonyl (C=O) groups excluding carboxylic acids is 1. The maximum atomic E-state index is 11.8. The van der Waals surface area contributed by atoms with Gasteiger partial charge in [-0.1, -0.05) is 6.07 Å². The average Bonchev–Trinajstić information content (AvgIpc) is 2.15. The second-order valence-electron chi connectivity index (χ2n) is 3.68. The number of ketones is 1. The van der Waals surface area contributed by atoms with Crippen molar-refractivity contribution in [3.63, 3.8) is 0 Å². The van der Waals surface area contributed by atoms with E-state index in [0.29, 0.717) is 0 Å². The molecular formula is C11H14N2O3. The van der Waals surface area contributed by atoms with Crippen LogP contribution in [-0.4, -0.2) is 22.9 Å². The third-order valence-electron chi connectivity index (χ3n) is 2.11. The Labute approximate surface area is 93.1 Å². The van der Waals surface area contributed by atoms with Gasteiger partial charge in [-0.15, -0.1) is 0 Å². The summed E-state index contributed by atoms with van der Waals surface area (Å²) in [6.45, 7) is 1.68. The summed E-state index contributed by atoms with van der Waals surface area (Å²) in [7, 11) is 0. The van der Waals surface area contributed by atoms with Gasteiger partial charge in [0.15, 0.2) is 5.78 Å². The van der Waals surface area contributed by atoms with Gasteiger partial charge in [0.2, 0.25) is 0 Å². The Morgan fingerprint density at radius 3 is 2.56 bits per heavy atom. The predicted molar refractivity (Wildman–Crippen MR) is 60.4 cm³/mol. The molecule has 5 nitrogen and oxygen atoms in total. The van der Waals surface area contributed by atoms with Crippen LogP contribution in [0.15, 0.2) is 18.2 Å². The summed E-state index contributed by atoms with van der Waals surface area (Å²) in [4.78, 5) is 22.7. The lowest BCUT2D eigenvalue weighted by Gasteiger charge is -2.09. The van der Waals surface area contributed by atoms with Crippen LogP contribution in [0.1, 0.15) is 34.1 Å². The van der Waals surface area contributed by atoms with Gasteiger partial charge in [0, 0.05) is 18.2 Å². The van der Waals surface area contributed by atoms with E-state index in [1.165, 1.54) is 18.2 Å². The van der Waals surface area contributed by atoms with Crippen LogP contribution in [-0.2, 0) is 0 Å². The number of carbonyl (C=O) groups is 2. The lowest BCUT2D eigenvalue weighted by atomic mass is 9.98. The Morgan fingerprint density at radius 1 is 1.44 bits per heavy atom. The van der Waals surface area contributed by atoms with E-state index in [9.17, 15) is 9.59 Å². The number of nitrogens with two attached hydrogens (primary N) is 2. The molecule has 1 aromatic carbocycles. The smallest absolute Gasteiger partial charge is 0.336 e. The molecule has 0 aliphatic rings. The van der Waals surface area contributed by atoms with E-state index in [2.05, 4.69) is 0 Å². The van der Waals surface area contributed by atoms with Crippen LogP contribution in [0.2, 0.25) is 0 Å². The highest BCUT2D eigenvalue weighted by atomic mass is 16.4. The van der Waals surface area contributed by atoms with Crippen LogP contribution in [0.5, 0.6) is 0 Å². The van der Waals surface area contributed by atoms with E-state index in [1.807, 2.05) is 0 Å². The molecule has 0 saturated carbocycles. The van der Waals surface area contributed by atoms with Crippen LogP contribution in [0.25, 0.3) is 0 Å². The molecule has 0 aliphatic carbocycles. The Hall–Kier alpha value is -1.88.